The molecule has 8 heteroatoms. The Balaban J connectivity index is 1.76. The molecule has 3 aromatic rings. The lowest BCUT2D eigenvalue weighted by molar-refractivity contribution is -0.123. The first-order chi connectivity index (χ1) is 15.7. The first-order valence-corrected chi connectivity index (χ1v) is 11.5. The number of rotatable bonds is 7. The lowest BCUT2D eigenvalue weighted by Crippen LogP contribution is -2.47. The molecular formula is C24H26N4O3S. The first kappa shape index (κ1) is 22.0. The van der Waals surface area contributed by atoms with Gasteiger partial charge in [0.15, 0.2) is 5.69 Å². The molecule has 0 unspecified atom stereocenters. The van der Waals surface area contributed by atoms with Crippen LogP contribution in [0, 0.1) is 0 Å². The van der Waals surface area contributed by atoms with Crippen LogP contribution in [-0.4, -0.2) is 33.7 Å². The lowest BCUT2D eigenvalue weighted by atomic mass is 9.94. The van der Waals surface area contributed by atoms with Gasteiger partial charge < -0.3 is 10.1 Å². The number of aromatic nitrogens is 2. The highest BCUT2D eigenvalue weighted by molar-refractivity contribution is 6.99. The molecule has 0 aliphatic heterocycles. The number of carbonyl (C=O) groups excluding carboxylic acids is 2. The zero-order chi connectivity index (χ0) is 22.3. The van der Waals surface area contributed by atoms with Gasteiger partial charge in [0.05, 0.1) is 25.0 Å². The monoisotopic (exact) mass is 450 g/mol. The minimum atomic E-state index is -0.847. The first-order valence-electron chi connectivity index (χ1n) is 10.8. The molecule has 32 heavy (non-hydrogen) atoms. The summed E-state index contributed by atoms with van der Waals surface area (Å²) in [5, 5.41) is 3.20. The Morgan fingerprint density at radius 2 is 1.78 bits per heavy atom. The molecule has 1 fully saturated rings. The van der Waals surface area contributed by atoms with Crippen LogP contribution in [0.4, 0.5) is 5.69 Å². The smallest absolute Gasteiger partial charge is 0.280 e. The van der Waals surface area contributed by atoms with Crippen molar-refractivity contribution in [1.82, 2.24) is 14.1 Å². The van der Waals surface area contributed by atoms with E-state index in [0.717, 1.165) is 43.0 Å². The molecule has 1 aliphatic carbocycles. The van der Waals surface area contributed by atoms with Crippen LogP contribution in [0.5, 0.6) is 5.75 Å². The van der Waals surface area contributed by atoms with Crippen molar-refractivity contribution in [2.24, 2.45) is 0 Å². The van der Waals surface area contributed by atoms with Crippen molar-refractivity contribution in [2.45, 2.75) is 44.2 Å². The zero-order valence-corrected chi connectivity index (χ0v) is 18.8. The molecule has 1 atom stereocenters. The average Bonchev–Trinajstić information content (AvgIpc) is 3.38. The summed E-state index contributed by atoms with van der Waals surface area (Å²) in [6, 6.07) is 15.8. The Labute approximate surface area is 191 Å². The number of benzene rings is 2. The van der Waals surface area contributed by atoms with Crippen LogP contribution < -0.4 is 15.0 Å². The van der Waals surface area contributed by atoms with Crippen LogP contribution in [-0.2, 0) is 4.79 Å². The lowest BCUT2D eigenvalue weighted by Gasteiger charge is -2.33. The molecule has 1 aromatic heterocycles. The third-order valence-electron chi connectivity index (χ3n) is 5.72. The minimum Gasteiger partial charge on any atom is -0.497 e. The topological polar surface area (TPSA) is 84.4 Å². The highest BCUT2D eigenvalue weighted by Gasteiger charge is 2.35. The highest BCUT2D eigenvalue weighted by atomic mass is 32.1. The van der Waals surface area contributed by atoms with Crippen molar-refractivity contribution in [2.75, 3.05) is 12.0 Å². The number of nitrogens with one attached hydrogen (secondary N) is 1. The maximum absolute atomic E-state index is 13.7. The quantitative estimate of drug-likeness (QED) is 0.577. The number of nitrogens with zero attached hydrogens (tertiary/aromatic N) is 3. The Morgan fingerprint density at radius 3 is 2.41 bits per heavy atom. The molecule has 1 N–H and O–H groups in total. The van der Waals surface area contributed by atoms with Crippen LogP contribution in [0.15, 0.2) is 60.8 Å². The Kier molecular flexibility index (Phi) is 7.11. The van der Waals surface area contributed by atoms with Crippen LogP contribution in [0.1, 0.15) is 54.2 Å². The van der Waals surface area contributed by atoms with Crippen molar-refractivity contribution in [3.05, 3.63) is 72.1 Å². The Bertz CT molecular complexity index is 1020. The summed E-state index contributed by atoms with van der Waals surface area (Å²) in [6.07, 6.45) is 6.75. The number of anilines is 1. The van der Waals surface area contributed by atoms with Crippen LogP contribution in [0.25, 0.3) is 0 Å². The van der Waals surface area contributed by atoms with Gasteiger partial charge in [0.25, 0.3) is 5.91 Å². The van der Waals surface area contributed by atoms with Gasteiger partial charge in [0, 0.05) is 11.7 Å². The van der Waals surface area contributed by atoms with Gasteiger partial charge in [-0.05, 0) is 42.7 Å². The zero-order valence-electron chi connectivity index (χ0n) is 17.9. The molecule has 166 valence electrons. The molecule has 0 spiro atoms. The molecule has 0 saturated heterocycles. The third kappa shape index (κ3) is 4.96. The van der Waals surface area contributed by atoms with E-state index in [0.29, 0.717) is 11.4 Å². The van der Waals surface area contributed by atoms with Crippen molar-refractivity contribution < 1.29 is 14.3 Å². The SMILES string of the molecule is COc1ccc(N(C(=O)c2cnsn2)[C@@H](C(=O)NC2CCCCC2)c2ccccc2)cc1. The van der Waals surface area contributed by atoms with Crippen LogP contribution in [0.2, 0.25) is 0 Å². The highest BCUT2D eigenvalue weighted by Crippen LogP contribution is 2.31. The minimum absolute atomic E-state index is 0.122. The van der Waals surface area contributed by atoms with Gasteiger partial charge in [0.1, 0.15) is 11.8 Å². The molecule has 2 aromatic carbocycles. The predicted octanol–water partition coefficient (Wildman–Crippen LogP) is 4.38. The van der Waals surface area contributed by atoms with E-state index in [4.69, 9.17) is 4.74 Å². The van der Waals surface area contributed by atoms with Gasteiger partial charge in [-0.1, -0.05) is 49.6 Å². The summed E-state index contributed by atoms with van der Waals surface area (Å²) in [5.41, 5.74) is 1.52. The van der Waals surface area contributed by atoms with Gasteiger partial charge in [-0.25, -0.2) is 0 Å². The Morgan fingerprint density at radius 1 is 1.06 bits per heavy atom. The molecule has 1 aliphatic rings. The maximum atomic E-state index is 13.7. The number of hydrogen-bond donors (Lipinski definition) is 1. The molecule has 0 bridgehead atoms. The summed E-state index contributed by atoms with van der Waals surface area (Å²) in [7, 11) is 1.59. The summed E-state index contributed by atoms with van der Waals surface area (Å²) in [4.78, 5) is 28.8. The number of methoxy groups -OCH3 is 1. The second-order valence-electron chi connectivity index (χ2n) is 7.82. The number of amides is 2. The molecular weight excluding hydrogens is 424 g/mol. The maximum Gasteiger partial charge on any atom is 0.280 e. The normalized spacial score (nSPS) is 15.0. The van der Waals surface area contributed by atoms with E-state index in [9.17, 15) is 9.59 Å². The Hall–Kier alpha value is -3.26. The van der Waals surface area contributed by atoms with Crippen molar-refractivity contribution >= 4 is 29.2 Å². The van der Waals surface area contributed by atoms with E-state index >= 15 is 0 Å². The summed E-state index contributed by atoms with van der Waals surface area (Å²) in [5.74, 6) is 0.0893. The molecule has 1 saturated carbocycles. The van der Waals surface area contributed by atoms with E-state index in [-0.39, 0.29) is 23.6 Å². The fourth-order valence-electron chi connectivity index (χ4n) is 4.09. The van der Waals surface area contributed by atoms with E-state index < -0.39 is 6.04 Å². The van der Waals surface area contributed by atoms with Crippen LogP contribution >= 0.6 is 11.7 Å². The molecule has 2 amide bonds. The molecule has 4 rings (SSSR count). The average molecular weight is 451 g/mol. The number of hydrogen-bond acceptors (Lipinski definition) is 6. The van der Waals surface area contributed by atoms with E-state index in [1.54, 1.807) is 31.4 Å². The summed E-state index contributed by atoms with van der Waals surface area (Å²) >= 11 is 0.963. The fraction of sp³-hybridized carbons (Fsp3) is 0.333. The second-order valence-corrected chi connectivity index (χ2v) is 8.38. The van der Waals surface area contributed by atoms with Crippen LogP contribution in [0.3, 0.4) is 0 Å². The standard InChI is InChI=1S/C24H26N4O3S/c1-31-20-14-12-19(13-15-20)28(24(30)21-16-25-32-27-21)22(17-8-4-2-5-9-17)23(29)26-18-10-6-3-7-11-18/h2,4-5,8-9,12-16,18,22H,3,6-7,10-11H2,1H3,(H,26,29)/t22-/m1/s1. The summed E-state index contributed by atoms with van der Waals surface area (Å²) < 4.78 is 13.4. The van der Waals surface area contributed by atoms with Gasteiger partial charge in [-0.3, -0.25) is 14.5 Å². The molecule has 1 heterocycles. The molecule has 7 nitrogen and oxygen atoms in total. The van der Waals surface area contributed by atoms with E-state index in [1.165, 1.54) is 17.5 Å². The third-order valence-corrected chi connectivity index (χ3v) is 6.20. The van der Waals surface area contributed by atoms with E-state index in [2.05, 4.69) is 14.1 Å². The van der Waals surface area contributed by atoms with Crippen molar-refractivity contribution in [3.8, 4) is 5.75 Å². The van der Waals surface area contributed by atoms with Crippen molar-refractivity contribution in [3.63, 3.8) is 0 Å². The van der Waals surface area contributed by atoms with Gasteiger partial charge in [0.2, 0.25) is 5.91 Å². The largest absolute Gasteiger partial charge is 0.497 e. The number of carbonyl (C=O) groups is 2. The predicted molar refractivity (Wildman–Crippen MR) is 124 cm³/mol. The van der Waals surface area contributed by atoms with Gasteiger partial charge in [-0.15, -0.1) is 0 Å². The second kappa shape index (κ2) is 10.4. The fourth-order valence-corrected chi connectivity index (χ4v) is 4.50. The molecule has 0 radical (unpaired) electrons. The van der Waals surface area contributed by atoms with Gasteiger partial charge >= 0.3 is 0 Å². The van der Waals surface area contributed by atoms with Crippen molar-refractivity contribution in [1.29, 1.82) is 0 Å². The number of ether oxygens (including phenoxy) is 1. The van der Waals surface area contributed by atoms with Gasteiger partial charge in [-0.2, -0.15) is 8.75 Å². The van der Waals surface area contributed by atoms with E-state index in [1.807, 2.05) is 30.3 Å². The summed E-state index contributed by atoms with van der Waals surface area (Å²) in [6.45, 7) is 0.